The van der Waals surface area contributed by atoms with E-state index in [2.05, 4.69) is 24.8 Å². The van der Waals surface area contributed by atoms with Crippen LogP contribution in [0.15, 0.2) is 85.5 Å². The van der Waals surface area contributed by atoms with Crippen molar-refractivity contribution >= 4 is 62.7 Å². The largest absolute Gasteiger partial charge is 0.465 e. The van der Waals surface area contributed by atoms with Crippen molar-refractivity contribution in [3.8, 4) is 11.5 Å². The van der Waals surface area contributed by atoms with Crippen molar-refractivity contribution in [2.45, 2.75) is 115 Å². The highest BCUT2D eigenvalue weighted by Crippen LogP contribution is 2.44. The van der Waals surface area contributed by atoms with Crippen molar-refractivity contribution in [1.29, 1.82) is 0 Å². The summed E-state index contributed by atoms with van der Waals surface area (Å²) in [5.41, 5.74) is 0.636. The molecule has 0 bridgehead atoms. The normalized spacial score (nSPS) is 18.0. The molecule has 5 rings (SSSR count). The van der Waals surface area contributed by atoms with Crippen LogP contribution < -0.4 is 14.5 Å². The van der Waals surface area contributed by atoms with Crippen LogP contribution in [-0.4, -0.2) is 92.8 Å². The Labute approximate surface area is 426 Å². The van der Waals surface area contributed by atoms with Crippen LogP contribution in [0.4, 0.5) is 22.7 Å². The molecule has 0 spiro atoms. The number of benzene rings is 2. The molecule has 2 aliphatic carbocycles. The van der Waals surface area contributed by atoms with Gasteiger partial charge in [0.25, 0.3) is 0 Å². The summed E-state index contributed by atoms with van der Waals surface area (Å²) < 4.78 is 102. The number of esters is 5. The summed E-state index contributed by atoms with van der Waals surface area (Å²) in [5.74, 6) is -6.98. The number of halogens is 4. The van der Waals surface area contributed by atoms with Crippen LogP contribution in [0.25, 0.3) is 10.2 Å². The zero-order valence-corrected chi connectivity index (χ0v) is 41.8. The molecular weight excluding hydrogens is 979 g/mol. The number of thiazole rings is 1. The maximum absolute atomic E-state index is 16.2. The number of hydrazone groups is 1. The molecule has 1 aromatic heterocycles. The van der Waals surface area contributed by atoms with Gasteiger partial charge in [-0.05, 0) is 127 Å². The van der Waals surface area contributed by atoms with E-state index in [0.717, 1.165) is 47.9 Å². The molecule has 20 heteroatoms. The quantitative estimate of drug-likeness (QED) is 0.0113. The first-order valence-electron chi connectivity index (χ1n) is 24.8. The Morgan fingerprint density at radius 3 is 1.59 bits per heavy atom. The summed E-state index contributed by atoms with van der Waals surface area (Å²) in [6, 6.07) is 10.9. The average Bonchev–Trinajstić information content (AvgIpc) is 3.83. The Kier molecular flexibility index (Phi) is 23.2. The topological polar surface area (TPSA) is 178 Å². The van der Waals surface area contributed by atoms with E-state index in [-0.39, 0.29) is 101 Å². The number of alkyl halides is 4. The number of unbranched alkanes of at least 4 members (excludes halogenated alkanes) is 5. The summed E-state index contributed by atoms with van der Waals surface area (Å²) in [6.07, 6.45) is 1.83. The molecule has 15 nitrogen and oxygen atoms in total. The van der Waals surface area contributed by atoms with Crippen molar-refractivity contribution < 1.29 is 74.7 Å². The first kappa shape index (κ1) is 57.6. The molecule has 73 heavy (non-hydrogen) atoms. The van der Waals surface area contributed by atoms with Crippen molar-refractivity contribution in [3.05, 3.63) is 86.0 Å². The number of hydrogen-bond acceptors (Lipinski definition) is 16. The molecule has 0 unspecified atom stereocenters. The number of para-hydroxylation sites is 1. The number of aromatic nitrogens is 1. The molecule has 0 radical (unpaired) electrons. The van der Waals surface area contributed by atoms with Crippen LogP contribution in [0, 0.1) is 23.7 Å². The fourth-order valence-corrected chi connectivity index (χ4v) is 9.24. The first-order valence-corrected chi connectivity index (χ1v) is 25.6. The number of carbonyl (C=O) groups excluding carboxylic acids is 5. The van der Waals surface area contributed by atoms with Gasteiger partial charge in [-0.3, -0.25) is 9.59 Å². The maximum atomic E-state index is 16.2. The molecule has 0 amide bonds. The second-order valence-electron chi connectivity index (χ2n) is 17.7. The SMILES string of the molecule is C=CC(=O)OCCCCCCN(/N=C/c1cc(OC(F)(F)C2CCC(C(=O)OCCCCOC(=O)C=C)CC2)ccc1OC(F)(F)C1CCC(C(=O)OCCCCOC(=O)C=C)CC1)c1nc2ccccc2s1. The number of carbonyl (C=O) groups is 5. The third-order valence-corrected chi connectivity index (χ3v) is 13.5. The molecule has 398 valence electrons. The Morgan fingerprint density at radius 1 is 0.616 bits per heavy atom. The van der Waals surface area contributed by atoms with E-state index in [4.69, 9.17) is 38.1 Å². The molecule has 2 saturated carbocycles. The van der Waals surface area contributed by atoms with Crippen LogP contribution in [0.2, 0.25) is 0 Å². The lowest BCUT2D eigenvalue weighted by atomic mass is 9.81. The molecule has 0 atom stereocenters. The van der Waals surface area contributed by atoms with Gasteiger partial charge in [-0.15, -0.1) is 0 Å². The molecule has 3 aromatic rings. The van der Waals surface area contributed by atoms with Crippen molar-refractivity contribution in [3.63, 3.8) is 0 Å². The molecule has 2 fully saturated rings. The summed E-state index contributed by atoms with van der Waals surface area (Å²) in [4.78, 5) is 64.1. The van der Waals surface area contributed by atoms with E-state index in [1.807, 2.05) is 24.3 Å². The molecule has 0 aliphatic heterocycles. The van der Waals surface area contributed by atoms with Crippen LogP contribution >= 0.6 is 11.3 Å². The fraction of sp³-hybridized carbons (Fsp3) is 0.528. The summed E-state index contributed by atoms with van der Waals surface area (Å²) >= 11 is 1.36. The van der Waals surface area contributed by atoms with Gasteiger partial charge in [0.1, 0.15) is 11.5 Å². The summed E-state index contributed by atoms with van der Waals surface area (Å²) in [5, 5.41) is 6.78. The van der Waals surface area contributed by atoms with Gasteiger partial charge in [0.15, 0.2) is 0 Å². The molecule has 2 aliphatic rings. The maximum Gasteiger partial charge on any atom is 0.400 e. The highest BCUT2D eigenvalue weighted by Gasteiger charge is 2.47. The molecule has 0 saturated heterocycles. The summed E-state index contributed by atoms with van der Waals surface area (Å²) in [6.45, 7) is 11.1. The minimum atomic E-state index is -3.75. The molecular formula is C53H65F4N3O12S. The Hall–Kier alpha value is -6.31. The average molecular weight is 1040 g/mol. The number of nitrogens with zero attached hydrogens (tertiary/aromatic N) is 3. The van der Waals surface area contributed by atoms with Gasteiger partial charge in [0, 0.05) is 30.3 Å². The minimum absolute atomic E-state index is 0.0436. The van der Waals surface area contributed by atoms with E-state index >= 15 is 17.6 Å². The van der Waals surface area contributed by atoms with E-state index < -0.39 is 65.7 Å². The zero-order valence-electron chi connectivity index (χ0n) is 41.0. The summed E-state index contributed by atoms with van der Waals surface area (Å²) in [7, 11) is 0. The lowest BCUT2D eigenvalue weighted by Gasteiger charge is -2.33. The molecule has 1 heterocycles. The van der Waals surface area contributed by atoms with Gasteiger partial charge >= 0.3 is 42.1 Å². The van der Waals surface area contributed by atoms with Crippen LogP contribution in [0.1, 0.15) is 108 Å². The Bertz CT molecular complexity index is 2310. The monoisotopic (exact) mass is 1040 g/mol. The van der Waals surface area contributed by atoms with Gasteiger partial charge in [-0.1, -0.05) is 49.6 Å². The number of rotatable bonds is 31. The van der Waals surface area contributed by atoms with Crippen LogP contribution in [0.3, 0.4) is 0 Å². The fourth-order valence-electron chi connectivity index (χ4n) is 8.29. The lowest BCUT2D eigenvalue weighted by molar-refractivity contribution is -0.226. The molecule has 2 aromatic carbocycles. The van der Waals surface area contributed by atoms with Crippen molar-refractivity contribution in [1.82, 2.24) is 4.98 Å². The predicted molar refractivity (Wildman–Crippen MR) is 265 cm³/mol. The number of anilines is 1. The number of ether oxygens (including phenoxy) is 7. The first-order chi connectivity index (χ1) is 35.1. The van der Waals surface area contributed by atoms with Crippen molar-refractivity contribution in [2.75, 3.05) is 44.6 Å². The van der Waals surface area contributed by atoms with Gasteiger partial charge in [-0.25, -0.2) is 24.4 Å². The van der Waals surface area contributed by atoms with Gasteiger partial charge < -0.3 is 33.2 Å². The standard InChI is InChI=1S/C53H65F4N3O12S/c1-4-46(61)66-30-12-8-7-11-29-60(51-59-43-17-9-10-18-45(43)73-51)58-36-39-35-42(71-52(54,55)40-23-19-37(20-24-40)49(64)69-33-15-13-31-67-47(62)5-2)27-28-44(39)72-53(56,57)41-25-21-38(22-26-41)50(65)70-34-16-14-32-68-48(63)6-3/h4-6,9-10,17-18,27-28,35-38,40-41H,1-3,7-8,11-16,19-26,29-34H2/b58-36+. The molecule has 0 N–H and O–H groups in total. The van der Waals surface area contributed by atoms with Gasteiger partial charge in [0.05, 0.1) is 73.1 Å². The predicted octanol–water partition coefficient (Wildman–Crippen LogP) is 11.1. The van der Waals surface area contributed by atoms with Crippen LogP contribution in [-0.2, 0) is 47.7 Å². The number of fused-ring (bicyclic) bond motifs is 1. The second kappa shape index (κ2) is 29.4. The highest BCUT2D eigenvalue weighted by atomic mass is 32.1. The highest BCUT2D eigenvalue weighted by molar-refractivity contribution is 7.22. The second-order valence-corrected chi connectivity index (χ2v) is 18.7. The smallest absolute Gasteiger partial charge is 0.400 e. The van der Waals surface area contributed by atoms with Crippen molar-refractivity contribution in [2.24, 2.45) is 28.8 Å². The zero-order chi connectivity index (χ0) is 52.6. The van der Waals surface area contributed by atoms with E-state index in [1.54, 1.807) is 5.01 Å². The van der Waals surface area contributed by atoms with Crippen LogP contribution in [0.5, 0.6) is 11.5 Å². The van der Waals surface area contributed by atoms with Gasteiger partial charge in [0.2, 0.25) is 5.13 Å². The number of hydrogen-bond donors (Lipinski definition) is 0. The van der Waals surface area contributed by atoms with E-state index in [0.29, 0.717) is 55.7 Å². The third kappa shape index (κ3) is 18.9. The Morgan fingerprint density at radius 2 is 1.08 bits per heavy atom. The Balaban J connectivity index is 1.28. The van der Waals surface area contributed by atoms with Gasteiger partial charge in [-0.2, -0.15) is 22.7 Å². The lowest BCUT2D eigenvalue weighted by Crippen LogP contribution is -2.39. The minimum Gasteiger partial charge on any atom is -0.465 e. The van der Waals surface area contributed by atoms with E-state index in [1.165, 1.54) is 23.6 Å². The van der Waals surface area contributed by atoms with E-state index in [9.17, 15) is 24.0 Å². The third-order valence-electron chi connectivity index (χ3n) is 12.5.